The van der Waals surface area contributed by atoms with Crippen molar-refractivity contribution >= 4 is 11.8 Å². The number of benzene rings is 1. The van der Waals surface area contributed by atoms with Crippen molar-refractivity contribution in [1.29, 1.82) is 0 Å². The van der Waals surface area contributed by atoms with E-state index in [1.165, 1.54) is 14.2 Å². The Morgan fingerprint density at radius 2 is 1.12 bits per heavy atom. The van der Waals surface area contributed by atoms with Gasteiger partial charge in [0, 0.05) is 40.4 Å². The molecule has 0 radical (unpaired) electrons. The van der Waals surface area contributed by atoms with E-state index in [0.29, 0.717) is 26.2 Å². The number of hydrogen-bond donors (Lipinski definition) is 0. The van der Waals surface area contributed by atoms with Crippen molar-refractivity contribution < 1.29 is 19.1 Å². The SMILES string of the molecule is CCN(Cc1ccc(CN(CC)C(=O)COC)cc1)C(=O)COC. The summed E-state index contributed by atoms with van der Waals surface area (Å²) in [7, 11) is 3.04. The van der Waals surface area contributed by atoms with Crippen LogP contribution in [0.4, 0.5) is 0 Å². The molecule has 0 fully saturated rings. The van der Waals surface area contributed by atoms with Crippen LogP contribution in [-0.4, -0.2) is 62.1 Å². The number of amides is 2. The van der Waals surface area contributed by atoms with Crippen molar-refractivity contribution in [1.82, 2.24) is 9.80 Å². The van der Waals surface area contributed by atoms with E-state index < -0.39 is 0 Å². The molecule has 1 rings (SSSR count). The van der Waals surface area contributed by atoms with Gasteiger partial charge in [-0.2, -0.15) is 0 Å². The lowest BCUT2D eigenvalue weighted by Crippen LogP contribution is -2.33. The summed E-state index contributed by atoms with van der Waals surface area (Å²) in [5, 5.41) is 0. The average Bonchev–Trinajstić information content (AvgIpc) is 2.59. The highest BCUT2D eigenvalue weighted by molar-refractivity contribution is 5.77. The second-order valence-electron chi connectivity index (χ2n) is 5.50. The third kappa shape index (κ3) is 6.29. The predicted octanol–water partition coefficient (Wildman–Crippen LogP) is 1.68. The van der Waals surface area contributed by atoms with E-state index in [0.717, 1.165) is 11.1 Å². The number of hydrogen-bond acceptors (Lipinski definition) is 4. The fraction of sp³-hybridized carbons (Fsp3) is 0.556. The maximum absolute atomic E-state index is 11.9. The molecule has 24 heavy (non-hydrogen) atoms. The molecule has 134 valence electrons. The van der Waals surface area contributed by atoms with E-state index in [1.807, 2.05) is 38.1 Å². The molecule has 1 aromatic carbocycles. The zero-order valence-electron chi connectivity index (χ0n) is 15.1. The lowest BCUT2D eigenvalue weighted by atomic mass is 10.1. The van der Waals surface area contributed by atoms with Gasteiger partial charge in [-0.1, -0.05) is 24.3 Å². The van der Waals surface area contributed by atoms with Crippen molar-refractivity contribution in [2.75, 3.05) is 40.5 Å². The minimum absolute atomic E-state index is 0.0219. The standard InChI is InChI=1S/C18H28N2O4/c1-5-19(17(21)13-23-3)11-15-7-9-16(10-8-15)12-20(6-2)18(22)14-24-4/h7-10H,5-6,11-14H2,1-4H3. The van der Waals surface area contributed by atoms with Gasteiger partial charge in [-0.05, 0) is 25.0 Å². The molecule has 0 aliphatic rings. The van der Waals surface area contributed by atoms with Gasteiger partial charge in [-0.25, -0.2) is 0 Å². The van der Waals surface area contributed by atoms with Crippen LogP contribution in [-0.2, 0) is 32.2 Å². The third-order valence-electron chi connectivity index (χ3n) is 3.77. The number of nitrogens with zero attached hydrogens (tertiary/aromatic N) is 2. The lowest BCUT2D eigenvalue weighted by Gasteiger charge is -2.22. The fourth-order valence-corrected chi connectivity index (χ4v) is 2.37. The van der Waals surface area contributed by atoms with Crippen LogP contribution in [0.25, 0.3) is 0 Å². The fourth-order valence-electron chi connectivity index (χ4n) is 2.37. The number of carbonyl (C=O) groups is 2. The van der Waals surface area contributed by atoms with E-state index >= 15 is 0 Å². The second-order valence-corrected chi connectivity index (χ2v) is 5.50. The summed E-state index contributed by atoms with van der Waals surface area (Å²) < 4.78 is 9.81. The molecule has 0 spiro atoms. The Morgan fingerprint density at radius 3 is 1.38 bits per heavy atom. The lowest BCUT2D eigenvalue weighted by molar-refractivity contribution is -0.136. The van der Waals surface area contributed by atoms with Crippen LogP contribution in [0.5, 0.6) is 0 Å². The van der Waals surface area contributed by atoms with Crippen LogP contribution < -0.4 is 0 Å². The van der Waals surface area contributed by atoms with Crippen LogP contribution in [0.15, 0.2) is 24.3 Å². The van der Waals surface area contributed by atoms with Crippen molar-refractivity contribution in [2.45, 2.75) is 26.9 Å². The molecule has 0 saturated heterocycles. The highest BCUT2D eigenvalue weighted by Crippen LogP contribution is 2.10. The van der Waals surface area contributed by atoms with Gasteiger partial charge in [0.25, 0.3) is 0 Å². The van der Waals surface area contributed by atoms with Gasteiger partial charge in [0.2, 0.25) is 11.8 Å². The van der Waals surface area contributed by atoms with Crippen LogP contribution in [0.1, 0.15) is 25.0 Å². The largest absolute Gasteiger partial charge is 0.375 e. The Morgan fingerprint density at radius 1 is 0.792 bits per heavy atom. The minimum atomic E-state index is -0.0219. The zero-order valence-corrected chi connectivity index (χ0v) is 15.1. The summed E-state index contributed by atoms with van der Waals surface area (Å²) in [6, 6.07) is 7.97. The van der Waals surface area contributed by atoms with Gasteiger partial charge < -0.3 is 19.3 Å². The van der Waals surface area contributed by atoms with E-state index in [-0.39, 0.29) is 25.0 Å². The van der Waals surface area contributed by atoms with Crippen molar-refractivity contribution in [3.63, 3.8) is 0 Å². The summed E-state index contributed by atoms with van der Waals surface area (Å²) in [6.07, 6.45) is 0. The maximum atomic E-state index is 11.9. The summed E-state index contributed by atoms with van der Waals surface area (Å²) in [4.78, 5) is 27.3. The molecular weight excluding hydrogens is 308 g/mol. The molecule has 0 heterocycles. The quantitative estimate of drug-likeness (QED) is 0.652. The number of methoxy groups -OCH3 is 2. The van der Waals surface area contributed by atoms with Crippen molar-refractivity contribution in [3.8, 4) is 0 Å². The van der Waals surface area contributed by atoms with Gasteiger partial charge in [0.1, 0.15) is 13.2 Å². The predicted molar refractivity (Wildman–Crippen MR) is 92.4 cm³/mol. The highest BCUT2D eigenvalue weighted by atomic mass is 16.5. The molecule has 0 aliphatic heterocycles. The first-order valence-electron chi connectivity index (χ1n) is 8.16. The Hall–Kier alpha value is -1.92. The number of likely N-dealkylation sites (N-methyl/N-ethyl adjacent to an activating group) is 2. The summed E-state index contributed by atoms with van der Waals surface area (Å²) >= 11 is 0. The molecule has 0 unspecified atom stereocenters. The van der Waals surface area contributed by atoms with Crippen molar-refractivity contribution in [2.24, 2.45) is 0 Å². The third-order valence-corrected chi connectivity index (χ3v) is 3.77. The smallest absolute Gasteiger partial charge is 0.248 e. The van der Waals surface area contributed by atoms with E-state index in [1.54, 1.807) is 9.80 Å². The van der Waals surface area contributed by atoms with Gasteiger partial charge in [-0.3, -0.25) is 9.59 Å². The van der Waals surface area contributed by atoms with E-state index in [4.69, 9.17) is 9.47 Å². The Balaban J connectivity index is 2.67. The summed E-state index contributed by atoms with van der Waals surface area (Å²) in [6.45, 7) is 6.47. The molecule has 0 atom stereocenters. The number of ether oxygens (including phenoxy) is 2. The molecule has 0 bridgehead atoms. The first-order valence-corrected chi connectivity index (χ1v) is 8.16. The minimum Gasteiger partial charge on any atom is -0.375 e. The molecule has 0 saturated carbocycles. The van der Waals surface area contributed by atoms with Crippen LogP contribution in [0.2, 0.25) is 0 Å². The van der Waals surface area contributed by atoms with E-state index in [9.17, 15) is 9.59 Å². The summed E-state index contributed by atoms with van der Waals surface area (Å²) in [5.74, 6) is -0.0437. The normalized spacial score (nSPS) is 10.5. The first kappa shape index (κ1) is 20.1. The molecule has 1 aromatic rings. The van der Waals surface area contributed by atoms with Crippen LogP contribution in [0.3, 0.4) is 0 Å². The first-order chi connectivity index (χ1) is 11.5. The topological polar surface area (TPSA) is 59.1 Å². The molecule has 0 aromatic heterocycles. The monoisotopic (exact) mass is 336 g/mol. The average molecular weight is 336 g/mol. The zero-order chi connectivity index (χ0) is 17.9. The highest BCUT2D eigenvalue weighted by Gasteiger charge is 2.13. The molecule has 0 N–H and O–H groups in total. The van der Waals surface area contributed by atoms with Crippen LogP contribution in [0, 0.1) is 0 Å². The van der Waals surface area contributed by atoms with Gasteiger partial charge in [-0.15, -0.1) is 0 Å². The molecule has 2 amide bonds. The molecule has 6 heteroatoms. The molecule has 6 nitrogen and oxygen atoms in total. The Labute approximate surface area is 144 Å². The molecular formula is C18H28N2O4. The van der Waals surface area contributed by atoms with Crippen LogP contribution >= 0.6 is 0 Å². The Kier molecular flexibility index (Phi) is 9.04. The van der Waals surface area contributed by atoms with E-state index in [2.05, 4.69) is 0 Å². The van der Waals surface area contributed by atoms with Gasteiger partial charge in [0.05, 0.1) is 0 Å². The number of rotatable bonds is 10. The summed E-state index contributed by atoms with van der Waals surface area (Å²) in [5.41, 5.74) is 2.10. The second kappa shape index (κ2) is 10.8. The molecule has 0 aliphatic carbocycles. The van der Waals surface area contributed by atoms with Gasteiger partial charge >= 0.3 is 0 Å². The maximum Gasteiger partial charge on any atom is 0.248 e. The van der Waals surface area contributed by atoms with Crippen molar-refractivity contribution in [3.05, 3.63) is 35.4 Å². The van der Waals surface area contributed by atoms with Gasteiger partial charge in [0.15, 0.2) is 0 Å². The Bertz CT molecular complexity index is 469. The number of carbonyl (C=O) groups excluding carboxylic acids is 2.